The number of amides is 1. The molecule has 0 unspecified atom stereocenters. The van der Waals surface area contributed by atoms with Gasteiger partial charge >= 0.3 is 5.63 Å². The van der Waals surface area contributed by atoms with Crippen LogP contribution in [0, 0.1) is 6.92 Å². The molecule has 0 radical (unpaired) electrons. The summed E-state index contributed by atoms with van der Waals surface area (Å²) in [5.41, 5.74) is 1.34. The second-order valence-corrected chi connectivity index (χ2v) is 5.82. The van der Waals surface area contributed by atoms with Gasteiger partial charge in [0.2, 0.25) is 0 Å². The molecule has 0 aliphatic rings. The summed E-state index contributed by atoms with van der Waals surface area (Å²) in [5, 5.41) is 3.38. The van der Waals surface area contributed by atoms with Crippen LogP contribution in [-0.4, -0.2) is 12.5 Å². The molecule has 0 saturated heterocycles. The van der Waals surface area contributed by atoms with Gasteiger partial charge in [-0.25, -0.2) is 4.79 Å². The van der Waals surface area contributed by atoms with Crippen LogP contribution in [0.3, 0.4) is 0 Å². The van der Waals surface area contributed by atoms with E-state index in [2.05, 4.69) is 5.32 Å². The zero-order chi connectivity index (χ0) is 17.8. The van der Waals surface area contributed by atoms with Crippen LogP contribution in [0.1, 0.15) is 29.3 Å². The van der Waals surface area contributed by atoms with Crippen molar-refractivity contribution in [3.8, 4) is 5.75 Å². The normalized spacial score (nSPS) is 10.6. The minimum absolute atomic E-state index is 0.0313. The number of hydrogen-bond acceptors (Lipinski definition) is 4. The Hall–Kier alpha value is -3.08. The molecule has 0 atom stereocenters. The second kappa shape index (κ2) is 7.21. The molecule has 128 valence electrons. The average molecular weight is 337 g/mol. The average Bonchev–Trinajstić information content (AvgIpc) is 2.59. The summed E-state index contributed by atoms with van der Waals surface area (Å²) in [5.74, 6) is 0.141. The SMILES string of the molecule is CCCOc1ccc2cc(C(=O)Nc3cccc(C)c3)c(=O)oc2c1. The van der Waals surface area contributed by atoms with Crippen molar-refractivity contribution in [2.24, 2.45) is 0 Å². The Kier molecular flexibility index (Phi) is 4.84. The summed E-state index contributed by atoms with van der Waals surface area (Å²) in [6, 6.07) is 14.1. The van der Waals surface area contributed by atoms with E-state index in [4.69, 9.17) is 9.15 Å². The van der Waals surface area contributed by atoms with E-state index in [1.807, 2.05) is 32.0 Å². The van der Waals surface area contributed by atoms with Gasteiger partial charge in [0.05, 0.1) is 6.61 Å². The summed E-state index contributed by atoms with van der Waals surface area (Å²) in [6.07, 6.45) is 0.889. The molecular formula is C20H19NO4. The fraction of sp³-hybridized carbons (Fsp3) is 0.200. The standard InChI is InChI=1S/C20H19NO4/c1-3-9-24-16-8-7-14-11-17(20(23)25-18(14)12-16)19(22)21-15-6-4-5-13(2)10-15/h4-8,10-12H,3,9H2,1-2H3,(H,21,22). The number of rotatable bonds is 5. The number of hydrogen-bond donors (Lipinski definition) is 1. The van der Waals surface area contributed by atoms with E-state index in [0.717, 1.165) is 12.0 Å². The molecule has 1 N–H and O–H groups in total. The molecule has 0 aliphatic carbocycles. The third-order valence-corrected chi connectivity index (χ3v) is 3.70. The minimum atomic E-state index is -0.676. The highest BCUT2D eigenvalue weighted by Crippen LogP contribution is 2.21. The van der Waals surface area contributed by atoms with Gasteiger partial charge in [0.25, 0.3) is 5.91 Å². The van der Waals surface area contributed by atoms with Gasteiger partial charge in [0.1, 0.15) is 16.9 Å². The van der Waals surface area contributed by atoms with Crippen LogP contribution in [-0.2, 0) is 0 Å². The fourth-order valence-electron chi connectivity index (χ4n) is 2.48. The molecule has 3 rings (SSSR count). The van der Waals surface area contributed by atoms with Crippen molar-refractivity contribution in [2.75, 3.05) is 11.9 Å². The first-order valence-electron chi connectivity index (χ1n) is 8.15. The highest BCUT2D eigenvalue weighted by atomic mass is 16.5. The van der Waals surface area contributed by atoms with Crippen molar-refractivity contribution >= 4 is 22.6 Å². The number of benzene rings is 2. The van der Waals surface area contributed by atoms with Crippen LogP contribution in [0.5, 0.6) is 5.75 Å². The molecule has 0 bridgehead atoms. The lowest BCUT2D eigenvalue weighted by Gasteiger charge is -2.07. The second-order valence-electron chi connectivity index (χ2n) is 5.82. The lowest BCUT2D eigenvalue weighted by Crippen LogP contribution is -2.20. The van der Waals surface area contributed by atoms with E-state index in [1.54, 1.807) is 24.3 Å². The zero-order valence-electron chi connectivity index (χ0n) is 14.2. The van der Waals surface area contributed by atoms with Gasteiger partial charge in [0, 0.05) is 17.1 Å². The lowest BCUT2D eigenvalue weighted by molar-refractivity contribution is 0.102. The van der Waals surface area contributed by atoms with Crippen molar-refractivity contribution < 1.29 is 13.9 Å². The van der Waals surface area contributed by atoms with Crippen LogP contribution in [0.2, 0.25) is 0 Å². The summed E-state index contributed by atoms with van der Waals surface area (Å²) in [4.78, 5) is 24.6. The van der Waals surface area contributed by atoms with Gasteiger partial charge < -0.3 is 14.5 Å². The highest BCUT2D eigenvalue weighted by molar-refractivity contribution is 6.05. The van der Waals surface area contributed by atoms with E-state index < -0.39 is 11.5 Å². The molecule has 1 heterocycles. The molecule has 0 saturated carbocycles. The maximum absolute atomic E-state index is 12.4. The first kappa shape index (κ1) is 16.8. The predicted molar refractivity (Wildman–Crippen MR) is 97.4 cm³/mol. The Bertz CT molecular complexity index is 975. The van der Waals surface area contributed by atoms with Crippen LogP contribution < -0.4 is 15.7 Å². The molecule has 25 heavy (non-hydrogen) atoms. The fourth-order valence-corrected chi connectivity index (χ4v) is 2.48. The lowest BCUT2D eigenvalue weighted by atomic mass is 10.1. The number of nitrogens with one attached hydrogen (secondary N) is 1. The summed E-state index contributed by atoms with van der Waals surface area (Å²) >= 11 is 0. The van der Waals surface area contributed by atoms with Crippen molar-refractivity contribution in [3.05, 3.63) is 70.1 Å². The Morgan fingerprint density at radius 1 is 1.16 bits per heavy atom. The smallest absolute Gasteiger partial charge is 0.349 e. The van der Waals surface area contributed by atoms with Crippen molar-refractivity contribution in [1.29, 1.82) is 0 Å². The van der Waals surface area contributed by atoms with Crippen LogP contribution in [0.25, 0.3) is 11.0 Å². The van der Waals surface area contributed by atoms with Gasteiger partial charge in [-0.2, -0.15) is 0 Å². The molecule has 3 aromatic rings. The number of ether oxygens (including phenoxy) is 1. The molecule has 0 fully saturated rings. The van der Waals surface area contributed by atoms with E-state index in [9.17, 15) is 9.59 Å². The summed E-state index contributed by atoms with van der Waals surface area (Å²) in [7, 11) is 0. The Morgan fingerprint density at radius 3 is 2.76 bits per heavy atom. The van der Waals surface area contributed by atoms with Crippen LogP contribution in [0.4, 0.5) is 5.69 Å². The van der Waals surface area contributed by atoms with Crippen LogP contribution >= 0.6 is 0 Å². The molecule has 1 aromatic heterocycles. The third kappa shape index (κ3) is 3.88. The molecule has 0 spiro atoms. The van der Waals surface area contributed by atoms with Gasteiger partial charge in [-0.3, -0.25) is 4.79 Å². The topological polar surface area (TPSA) is 68.5 Å². The maximum Gasteiger partial charge on any atom is 0.349 e. The van der Waals surface area contributed by atoms with E-state index >= 15 is 0 Å². The molecule has 1 amide bonds. The quantitative estimate of drug-likeness (QED) is 0.710. The monoisotopic (exact) mass is 337 g/mol. The van der Waals surface area contributed by atoms with Crippen molar-refractivity contribution in [2.45, 2.75) is 20.3 Å². The number of aryl methyl sites for hydroxylation is 1. The minimum Gasteiger partial charge on any atom is -0.493 e. The molecule has 2 aromatic carbocycles. The Labute approximate surface area is 145 Å². The van der Waals surface area contributed by atoms with Crippen molar-refractivity contribution in [1.82, 2.24) is 0 Å². The van der Waals surface area contributed by atoms with E-state index in [0.29, 0.717) is 29.0 Å². The Balaban J connectivity index is 1.90. The highest BCUT2D eigenvalue weighted by Gasteiger charge is 2.14. The first-order valence-corrected chi connectivity index (χ1v) is 8.15. The first-order chi connectivity index (χ1) is 12.1. The molecular weight excluding hydrogens is 318 g/mol. The predicted octanol–water partition coefficient (Wildman–Crippen LogP) is 4.14. The molecule has 5 nitrogen and oxygen atoms in total. The maximum atomic E-state index is 12.4. The van der Waals surface area contributed by atoms with Gasteiger partial charge in [-0.15, -0.1) is 0 Å². The van der Waals surface area contributed by atoms with Crippen LogP contribution in [0.15, 0.2) is 57.7 Å². The largest absolute Gasteiger partial charge is 0.493 e. The number of fused-ring (bicyclic) bond motifs is 1. The zero-order valence-corrected chi connectivity index (χ0v) is 14.2. The number of carbonyl (C=O) groups is 1. The van der Waals surface area contributed by atoms with Gasteiger partial charge in [-0.1, -0.05) is 19.1 Å². The van der Waals surface area contributed by atoms with E-state index in [1.165, 1.54) is 6.07 Å². The Morgan fingerprint density at radius 2 is 2.00 bits per heavy atom. The van der Waals surface area contributed by atoms with E-state index in [-0.39, 0.29) is 5.56 Å². The molecule has 0 aliphatic heterocycles. The molecule has 5 heteroatoms. The van der Waals surface area contributed by atoms with Crippen molar-refractivity contribution in [3.63, 3.8) is 0 Å². The van der Waals surface area contributed by atoms with Gasteiger partial charge in [0.15, 0.2) is 0 Å². The summed E-state index contributed by atoms with van der Waals surface area (Å²) in [6.45, 7) is 4.53. The number of carbonyl (C=O) groups excluding carboxylic acids is 1. The third-order valence-electron chi connectivity index (χ3n) is 3.70. The number of anilines is 1. The summed E-state index contributed by atoms with van der Waals surface area (Å²) < 4.78 is 10.8. The van der Waals surface area contributed by atoms with Gasteiger partial charge in [-0.05, 0) is 49.2 Å².